The normalized spacial score (nSPS) is 25.7. The summed E-state index contributed by atoms with van der Waals surface area (Å²) in [6.07, 6.45) is -13.5. The Hall–Kier alpha value is -7.22. The number of ether oxygens (including phenoxy) is 11. The van der Waals surface area contributed by atoms with E-state index in [2.05, 4.69) is 0 Å². The van der Waals surface area contributed by atoms with Crippen LogP contribution in [0.3, 0.4) is 0 Å². The molecule has 17 heteroatoms. The van der Waals surface area contributed by atoms with Crippen LogP contribution in [0.4, 0.5) is 0 Å². The van der Waals surface area contributed by atoms with E-state index in [0.29, 0.717) is 11.1 Å². The van der Waals surface area contributed by atoms with Crippen molar-refractivity contribution in [3.63, 3.8) is 0 Å². The van der Waals surface area contributed by atoms with E-state index in [4.69, 9.17) is 52.1 Å². The molecule has 0 aliphatic carbocycles. The average Bonchev–Trinajstić information content (AvgIpc) is 3.46. The highest BCUT2D eigenvalue weighted by molar-refractivity contribution is 8.00. The molecule has 6 aromatic rings. The van der Waals surface area contributed by atoms with E-state index in [1.165, 1.54) is 26.4 Å². The fourth-order valence-corrected chi connectivity index (χ4v) is 10.3. The predicted octanol–water partition coefficient (Wildman–Crippen LogP) is 8.13. The number of hydrogen-bond donors (Lipinski definition) is 0. The molecule has 12 atom stereocenters. The molecule has 3 fully saturated rings. The maximum absolute atomic E-state index is 14.5. The van der Waals surface area contributed by atoms with Gasteiger partial charge in [0.15, 0.2) is 37.2 Å². The van der Waals surface area contributed by atoms with Crippen molar-refractivity contribution in [3.05, 3.63) is 215 Å². The summed E-state index contributed by atoms with van der Waals surface area (Å²) in [7, 11) is 2.58. The molecular formula is C57H52O16S. The fourth-order valence-electron chi connectivity index (χ4n) is 8.77. The molecule has 2 unspecified atom stereocenters. The zero-order chi connectivity index (χ0) is 51.4. The van der Waals surface area contributed by atoms with E-state index >= 15 is 0 Å². The molecule has 9 rings (SSSR count). The summed E-state index contributed by atoms with van der Waals surface area (Å²) in [6, 6.07) is 50.9. The van der Waals surface area contributed by atoms with Crippen LogP contribution < -0.4 is 0 Å². The van der Waals surface area contributed by atoms with Crippen molar-refractivity contribution in [2.24, 2.45) is 0 Å². The van der Waals surface area contributed by atoms with Crippen molar-refractivity contribution in [1.82, 2.24) is 0 Å². The van der Waals surface area contributed by atoms with Crippen LogP contribution in [0.5, 0.6) is 0 Å². The summed E-state index contributed by atoms with van der Waals surface area (Å²) in [5.41, 5.74) is 1.96. The number of esters is 5. The molecule has 0 spiro atoms. The van der Waals surface area contributed by atoms with Crippen molar-refractivity contribution < 1.29 is 76.1 Å². The smallest absolute Gasteiger partial charge is 0.338 e. The maximum atomic E-state index is 14.5. The first-order valence-corrected chi connectivity index (χ1v) is 24.7. The zero-order valence-corrected chi connectivity index (χ0v) is 40.9. The Morgan fingerprint density at radius 2 is 1.00 bits per heavy atom. The van der Waals surface area contributed by atoms with Crippen molar-refractivity contribution in [1.29, 1.82) is 0 Å². The van der Waals surface area contributed by atoms with Crippen LogP contribution in [0.1, 0.15) is 64.1 Å². The van der Waals surface area contributed by atoms with Gasteiger partial charge in [-0.2, -0.15) is 0 Å². The van der Waals surface area contributed by atoms with E-state index in [1.807, 2.05) is 36.4 Å². The van der Waals surface area contributed by atoms with Gasteiger partial charge >= 0.3 is 29.8 Å². The number of benzene rings is 6. The number of carbonyl (C=O) groups excluding carboxylic acids is 5. The molecule has 3 aliphatic heterocycles. The molecule has 16 nitrogen and oxygen atoms in total. The molecule has 382 valence electrons. The summed E-state index contributed by atoms with van der Waals surface area (Å²) in [5, 5.41) is -2.04. The summed E-state index contributed by atoms with van der Waals surface area (Å²) in [6.45, 7) is -0.616. The van der Waals surface area contributed by atoms with Gasteiger partial charge < -0.3 is 52.1 Å². The Kier molecular flexibility index (Phi) is 17.2. The first-order chi connectivity index (χ1) is 36.2. The van der Waals surface area contributed by atoms with Gasteiger partial charge in [-0.15, -0.1) is 11.8 Å². The topological polar surface area (TPSA) is 187 Å². The number of fused-ring (bicyclic) bond motifs is 1. The molecule has 0 bridgehead atoms. The quantitative estimate of drug-likeness (QED) is 0.0629. The first-order valence-electron chi connectivity index (χ1n) is 23.8. The Morgan fingerprint density at radius 1 is 0.527 bits per heavy atom. The van der Waals surface area contributed by atoms with Crippen molar-refractivity contribution in [3.8, 4) is 0 Å². The fraction of sp³-hybridized carbons (Fsp3) is 0.281. The van der Waals surface area contributed by atoms with Gasteiger partial charge in [0, 0.05) is 12.7 Å². The second-order valence-corrected chi connectivity index (χ2v) is 18.5. The van der Waals surface area contributed by atoms with Crippen molar-refractivity contribution in [2.45, 2.75) is 72.1 Å². The summed E-state index contributed by atoms with van der Waals surface area (Å²) >= 11 is 1.11. The molecule has 0 saturated carbocycles. The largest absolute Gasteiger partial charge is 0.468 e. The monoisotopic (exact) mass is 1020 g/mol. The molecule has 0 amide bonds. The average molecular weight is 1030 g/mol. The molecular weight excluding hydrogens is 973 g/mol. The van der Waals surface area contributed by atoms with Gasteiger partial charge in [0.05, 0.1) is 41.2 Å². The maximum Gasteiger partial charge on any atom is 0.338 e. The molecule has 0 radical (unpaired) electrons. The lowest BCUT2D eigenvalue weighted by molar-refractivity contribution is -0.365. The van der Waals surface area contributed by atoms with E-state index in [0.717, 1.165) is 11.8 Å². The van der Waals surface area contributed by atoms with Gasteiger partial charge in [0.2, 0.25) is 0 Å². The van der Waals surface area contributed by atoms with Gasteiger partial charge in [-0.1, -0.05) is 133 Å². The Morgan fingerprint density at radius 3 is 1.51 bits per heavy atom. The van der Waals surface area contributed by atoms with E-state index in [-0.39, 0.29) is 28.9 Å². The number of rotatable bonds is 17. The predicted molar refractivity (Wildman–Crippen MR) is 265 cm³/mol. The number of thioether (sulfide) groups is 1. The Labute approximate surface area is 431 Å². The van der Waals surface area contributed by atoms with E-state index in [9.17, 15) is 24.0 Å². The first kappa shape index (κ1) is 51.7. The van der Waals surface area contributed by atoms with Crippen LogP contribution in [0, 0.1) is 0 Å². The van der Waals surface area contributed by atoms with E-state index < -0.39 is 109 Å². The summed E-state index contributed by atoms with van der Waals surface area (Å²) in [5.74, 6) is -3.79. The zero-order valence-electron chi connectivity index (χ0n) is 40.1. The number of methoxy groups -OCH3 is 2. The third-order valence-electron chi connectivity index (χ3n) is 12.4. The standard InChI is InChI=1S/C57H52O16S/c1-63-54(62)48(35-21-9-3-10-22-35)74-49-44-42(34-66-55(73-44)40-31-19-8-20-32-40)68-57(47(49)71-53(61)39-29-17-7-18-30-39)72-43-41(33-65-50(58)36-23-11-4-12-24-36)67-56(64-2)46(70-52(60)38-27-15-6-16-28-38)45(43)69-51(59)37-25-13-5-14-26-37/h3-32,41-49,55-57H,33-34H2,1-2H3/t41-,42-,43-,44+,45+,46-,47-,48?,49+,55?,56-,57+/m1/s1. The second-order valence-electron chi connectivity index (χ2n) is 17.2. The molecule has 3 heterocycles. The number of carbonyl (C=O) groups is 5. The minimum Gasteiger partial charge on any atom is -0.468 e. The molecule has 3 saturated heterocycles. The van der Waals surface area contributed by atoms with E-state index in [1.54, 1.807) is 133 Å². The van der Waals surface area contributed by atoms with Gasteiger partial charge in [0.25, 0.3) is 0 Å². The lowest BCUT2D eigenvalue weighted by Crippen LogP contribution is -2.67. The highest BCUT2D eigenvalue weighted by Gasteiger charge is 2.58. The molecule has 74 heavy (non-hydrogen) atoms. The Bertz CT molecular complexity index is 2790. The van der Waals surface area contributed by atoms with Crippen LogP contribution in [0.2, 0.25) is 0 Å². The number of hydrogen-bond acceptors (Lipinski definition) is 17. The van der Waals surface area contributed by atoms with Gasteiger partial charge in [-0.3, -0.25) is 4.79 Å². The van der Waals surface area contributed by atoms with Crippen LogP contribution in [0.25, 0.3) is 0 Å². The summed E-state index contributed by atoms with van der Waals surface area (Å²) < 4.78 is 69.7. The molecule has 0 N–H and O–H groups in total. The van der Waals surface area contributed by atoms with Crippen LogP contribution in [0.15, 0.2) is 182 Å². The third kappa shape index (κ3) is 12.2. The molecule has 6 aromatic carbocycles. The summed E-state index contributed by atoms with van der Waals surface area (Å²) in [4.78, 5) is 70.5. The van der Waals surface area contributed by atoms with Crippen molar-refractivity contribution in [2.75, 3.05) is 27.4 Å². The highest BCUT2D eigenvalue weighted by atomic mass is 32.2. The second kappa shape index (κ2) is 24.7. The minimum atomic E-state index is -1.64. The minimum absolute atomic E-state index is 0.0799. The van der Waals surface area contributed by atoms with Gasteiger partial charge in [-0.25, -0.2) is 19.2 Å². The molecule has 3 aliphatic rings. The Balaban J connectivity index is 1.17. The lowest BCUT2D eigenvalue weighted by atomic mass is 9.96. The lowest BCUT2D eigenvalue weighted by Gasteiger charge is -2.51. The van der Waals surface area contributed by atoms with Crippen molar-refractivity contribution >= 4 is 41.6 Å². The molecule has 0 aromatic heterocycles. The highest BCUT2D eigenvalue weighted by Crippen LogP contribution is 2.46. The van der Waals surface area contributed by atoms with Gasteiger partial charge in [-0.05, 0) is 54.1 Å². The third-order valence-corrected chi connectivity index (χ3v) is 14.0. The SMILES string of the molecule is COC(=O)C(S[C@H]1[C@H]2OC(c3ccccc3)OC[C@H]2O[C@@H](O[C@H]2[C@H](OC(=O)c3ccccc3)[C@@H](OC(=O)c3ccccc3)[C@H](OC)O[C@@H]2COC(=O)c2ccccc2)[C@@H]1OC(=O)c1ccccc1)c1ccccc1. The van der Waals surface area contributed by atoms with Gasteiger partial charge in [0.1, 0.15) is 36.3 Å². The van der Waals surface area contributed by atoms with Crippen LogP contribution in [-0.4, -0.2) is 118 Å². The van der Waals surface area contributed by atoms with Crippen LogP contribution >= 0.6 is 11.8 Å². The van der Waals surface area contributed by atoms with Crippen LogP contribution in [-0.2, 0) is 56.9 Å².